The maximum atomic E-state index is 12.1. The van der Waals surface area contributed by atoms with Gasteiger partial charge < -0.3 is 14.8 Å². The molecular weight excluding hydrogens is 374 g/mol. The third-order valence-corrected chi connectivity index (χ3v) is 5.77. The summed E-state index contributed by atoms with van der Waals surface area (Å²) >= 11 is 2.93. The van der Waals surface area contributed by atoms with Gasteiger partial charge in [-0.1, -0.05) is 11.8 Å². The second-order valence-electron chi connectivity index (χ2n) is 5.74. The monoisotopic (exact) mass is 397 g/mol. The number of hydrogen-bond acceptors (Lipinski definition) is 8. The van der Waals surface area contributed by atoms with Crippen molar-refractivity contribution in [2.24, 2.45) is 0 Å². The Labute approximate surface area is 160 Å². The lowest BCUT2D eigenvalue weighted by Gasteiger charge is -2.13. The molecule has 9 heteroatoms. The molecule has 0 unspecified atom stereocenters. The number of methoxy groups -OCH3 is 1. The number of hydrogen-bond donors (Lipinski definition) is 1. The first kappa shape index (κ1) is 20.6. The van der Waals surface area contributed by atoms with Crippen molar-refractivity contribution < 1.29 is 19.1 Å². The van der Waals surface area contributed by atoms with Crippen molar-refractivity contribution in [3.05, 3.63) is 16.3 Å². The summed E-state index contributed by atoms with van der Waals surface area (Å²) in [5.74, 6) is -0.0563. The zero-order chi connectivity index (χ0) is 19.3. The van der Waals surface area contributed by atoms with Crippen LogP contribution >= 0.6 is 23.1 Å². The van der Waals surface area contributed by atoms with Crippen LogP contribution in [0.5, 0.6) is 0 Å². The van der Waals surface area contributed by atoms with E-state index in [1.54, 1.807) is 25.4 Å². The van der Waals surface area contributed by atoms with Crippen LogP contribution in [0, 0.1) is 20.8 Å². The van der Waals surface area contributed by atoms with E-state index in [9.17, 15) is 9.59 Å². The first-order valence-electron chi connectivity index (χ1n) is 8.16. The lowest BCUT2D eigenvalue weighted by molar-refractivity contribution is -0.152. The molecule has 1 amide bonds. The minimum absolute atomic E-state index is 0.0789. The average molecular weight is 398 g/mol. The molecule has 0 aliphatic carbocycles. The van der Waals surface area contributed by atoms with Gasteiger partial charge >= 0.3 is 5.97 Å². The summed E-state index contributed by atoms with van der Waals surface area (Å²) in [7, 11) is 1.55. The standard InChI is InChI=1S/C17H23N3O4S2/c1-9-11(3)26-17-14(9)16(19-12(4)20-17)25-8-13(21)24-10(2)15(22)18-6-7-23-5/h10H,6-8H2,1-5H3,(H,18,22)/t10-/m0/s1. The van der Waals surface area contributed by atoms with E-state index in [4.69, 9.17) is 9.47 Å². The number of thiophene rings is 1. The molecule has 2 heterocycles. The van der Waals surface area contributed by atoms with Crippen LogP contribution < -0.4 is 5.32 Å². The van der Waals surface area contributed by atoms with Crippen LogP contribution in [0.3, 0.4) is 0 Å². The minimum Gasteiger partial charge on any atom is -0.452 e. The Kier molecular flexibility index (Phi) is 7.36. The molecule has 0 fully saturated rings. The topological polar surface area (TPSA) is 90.4 Å². The van der Waals surface area contributed by atoms with Gasteiger partial charge in [0, 0.05) is 23.9 Å². The van der Waals surface area contributed by atoms with Gasteiger partial charge in [0.1, 0.15) is 15.7 Å². The van der Waals surface area contributed by atoms with E-state index in [2.05, 4.69) is 15.3 Å². The number of carbonyl (C=O) groups is 2. The van der Waals surface area contributed by atoms with Gasteiger partial charge in [0.05, 0.1) is 12.4 Å². The highest BCUT2D eigenvalue weighted by atomic mass is 32.2. The van der Waals surface area contributed by atoms with Crippen LogP contribution in [-0.2, 0) is 19.1 Å². The SMILES string of the molecule is COCCNC(=O)[C@H](C)OC(=O)CSc1nc(C)nc2sc(C)c(C)c12. The molecule has 0 radical (unpaired) electrons. The zero-order valence-corrected chi connectivity index (χ0v) is 17.2. The largest absolute Gasteiger partial charge is 0.452 e. The highest BCUT2D eigenvalue weighted by Crippen LogP contribution is 2.35. The molecule has 1 atom stereocenters. The van der Waals surface area contributed by atoms with E-state index in [1.807, 2.05) is 20.8 Å². The lowest BCUT2D eigenvalue weighted by atomic mass is 10.2. The number of aromatic nitrogens is 2. The second kappa shape index (κ2) is 9.29. The molecule has 0 aromatic carbocycles. The molecule has 7 nitrogen and oxygen atoms in total. The van der Waals surface area contributed by atoms with Gasteiger partial charge in [0.15, 0.2) is 6.10 Å². The second-order valence-corrected chi connectivity index (χ2v) is 7.91. The van der Waals surface area contributed by atoms with Gasteiger partial charge in [-0.2, -0.15) is 0 Å². The van der Waals surface area contributed by atoms with Gasteiger partial charge in [-0.3, -0.25) is 9.59 Å². The van der Waals surface area contributed by atoms with Crippen molar-refractivity contribution in [1.82, 2.24) is 15.3 Å². The normalized spacial score (nSPS) is 12.2. The maximum absolute atomic E-state index is 12.1. The quantitative estimate of drug-likeness (QED) is 0.317. The Balaban J connectivity index is 1.97. The van der Waals surface area contributed by atoms with E-state index < -0.39 is 12.1 Å². The lowest BCUT2D eigenvalue weighted by Crippen LogP contribution is -2.37. The number of fused-ring (bicyclic) bond motifs is 1. The molecule has 1 N–H and O–H groups in total. The molecule has 0 spiro atoms. The van der Waals surface area contributed by atoms with Gasteiger partial charge in [0.25, 0.3) is 5.91 Å². The van der Waals surface area contributed by atoms with E-state index in [0.29, 0.717) is 19.0 Å². The Morgan fingerprint density at radius 2 is 2.00 bits per heavy atom. The number of carbonyl (C=O) groups excluding carboxylic acids is 2. The van der Waals surface area contributed by atoms with Gasteiger partial charge in [0.2, 0.25) is 0 Å². The molecule has 0 saturated heterocycles. The molecule has 26 heavy (non-hydrogen) atoms. The van der Waals surface area contributed by atoms with Crippen molar-refractivity contribution in [1.29, 1.82) is 0 Å². The summed E-state index contributed by atoms with van der Waals surface area (Å²) in [5.41, 5.74) is 1.13. The van der Waals surface area contributed by atoms with E-state index in [0.717, 1.165) is 20.8 Å². The molecule has 142 valence electrons. The Morgan fingerprint density at radius 3 is 2.69 bits per heavy atom. The molecule has 0 aliphatic rings. The molecule has 2 rings (SSSR count). The fraction of sp³-hybridized carbons (Fsp3) is 0.529. The first-order valence-corrected chi connectivity index (χ1v) is 9.97. The maximum Gasteiger partial charge on any atom is 0.317 e. The molecule has 0 aliphatic heterocycles. The third-order valence-electron chi connectivity index (χ3n) is 3.72. The van der Waals surface area contributed by atoms with Gasteiger partial charge in [-0.05, 0) is 33.3 Å². The Hall–Kier alpha value is -1.71. The van der Waals surface area contributed by atoms with E-state index >= 15 is 0 Å². The fourth-order valence-corrected chi connectivity index (χ4v) is 4.30. The van der Waals surface area contributed by atoms with Crippen molar-refractivity contribution in [2.45, 2.75) is 38.8 Å². The summed E-state index contributed by atoms with van der Waals surface area (Å²) in [6.45, 7) is 8.24. The van der Waals surface area contributed by atoms with Crippen LogP contribution in [-0.4, -0.2) is 54.0 Å². The summed E-state index contributed by atoms with van der Waals surface area (Å²) in [4.78, 5) is 35.0. The van der Waals surface area contributed by atoms with Crippen LogP contribution in [0.15, 0.2) is 5.03 Å². The third kappa shape index (κ3) is 5.15. The summed E-state index contributed by atoms with van der Waals surface area (Å²) in [6.07, 6.45) is -0.850. The predicted octanol–water partition coefficient (Wildman–Crippen LogP) is 2.40. The van der Waals surface area contributed by atoms with Crippen LogP contribution in [0.1, 0.15) is 23.2 Å². The summed E-state index contributed by atoms with van der Waals surface area (Å²) < 4.78 is 10.0. The Bertz CT molecular complexity index is 807. The molecule has 2 aromatic rings. The van der Waals surface area contributed by atoms with Crippen molar-refractivity contribution in [3.63, 3.8) is 0 Å². The van der Waals surface area contributed by atoms with Gasteiger partial charge in [-0.15, -0.1) is 11.3 Å². The van der Waals surface area contributed by atoms with Crippen molar-refractivity contribution in [2.75, 3.05) is 26.0 Å². The molecular formula is C17H23N3O4S2. The summed E-state index contributed by atoms with van der Waals surface area (Å²) in [6, 6.07) is 0. The number of nitrogens with one attached hydrogen (secondary N) is 1. The zero-order valence-electron chi connectivity index (χ0n) is 15.5. The van der Waals surface area contributed by atoms with E-state index in [-0.39, 0.29) is 11.7 Å². The fourth-order valence-electron chi connectivity index (χ4n) is 2.25. The number of esters is 1. The van der Waals surface area contributed by atoms with Crippen LogP contribution in [0.4, 0.5) is 0 Å². The average Bonchev–Trinajstić information content (AvgIpc) is 2.86. The number of thioether (sulfide) groups is 1. The minimum atomic E-state index is -0.850. The number of amides is 1. The summed E-state index contributed by atoms with van der Waals surface area (Å²) in [5, 5.41) is 4.39. The van der Waals surface area contributed by atoms with Crippen molar-refractivity contribution in [3.8, 4) is 0 Å². The first-order chi connectivity index (χ1) is 12.3. The molecule has 2 aromatic heterocycles. The molecule has 0 bridgehead atoms. The van der Waals surface area contributed by atoms with Crippen LogP contribution in [0.25, 0.3) is 10.2 Å². The smallest absolute Gasteiger partial charge is 0.317 e. The van der Waals surface area contributed by atoms with Crippen LogP contribution in [0.2, 0.25) is 0 Å². The number of aryl methyl sites for hydroxylation is 3. The highest BCUT2D eigenvalue weighted by molar-refractivity contribution is 8.00. The Morgan fingerprint density at radius 1 is 1.27 bits per heavy atom. The number of rotatable bonds is 8. The van der Waals surface area contributed by atoms with E-state index in [1.165, 1.54) is 16.6 Å². The predicted molar refractivity (Wildman–Crippen MR) is 103 cm³/mol. The number of ether oxygens (including phenoxy) is 2. The number of nitrogens with zero attached hydrogens (tertiary/aromatic N) is 2. The van der Waals surface area contributed by atoms with Gasteiger partial charge in [-0.25, -0.2) is 9.97 Å². The molecule has 0 saturated carbocycles. The van der Waals surface area contributed by atoms with Crippen molar-refractivity contribution >= 4 is 45.2 Å². The highest BCUT2D eigenvalue weighted by Gasteiger charge is 2.19.